The second kappa shape index (κ2) is 6.37. The predicted octanol–water partition coefficient (Wildman–Crippen LogP) is 1.25. The molecule has 0 spiro atoms. The Morgan fingerprint density at radius 1 is 1.23 bits per heavy atom. The zero-order chi connectivity index (χ0) is 10.4. The van der Waals surface area contributed by atoms with Crippen molar-refractivity contribution in [2.24, 2.45) is 0 Å². The highest BCUT2D eigenvalue weighted by molar-refractivity contribution is 9.12. The van der Waals surface area contributed by atoms with Crippen molar-refractivity contribution in [3.05, 3.63) is 0 Å². The highest BCUT2D eigenvalue weighted by Crippen LogP contribution is 2.17. The Hall–Kier alpha value is -0.100. The monoisotopic (exact) mass is 316 g/mol. The van der Waals surface area contributed by atoms with Crippen LogP contribution in [-0.4, -0.2) is 35.3 Å². The first-order chi connectivity index (χ1) is 6.04. The molecule has 0 fully saturated rings. The summed E-state index contributed by atoms with van der Waals surface area (Å²) in [5.41, 5.74) is 0. The molecule has 0 unspecified atom stereocenters. The quantitative estimate of drug-likeness (QED) is 0.578. The molecule has 0 N–H and O–H groups in total. The van der Waals surface area contributed by atoms with Crippen LogP contribution in [0.5, 0.6) is 0 Å². The lowest BCUT2D eigenvalue weighted by Gasteiger charge is -2.12. The van der Waals surface area contributed by atoms with E-state index in [4.69, 9.17) is 4.74 Å². The molecular formula is C7H10Br2O4. The van der Waals surface area contributed by atoms with Crippen LogP contribution in [0.4, 0.5) is 0 Å². The van der Waals surface area contributed by atoms with E-state index in [-0.39, 0.29) is 6.61 Å². The Bertz CT molecular complexity index is 195. The van der Waals surface area contributed by atoms with Crippen molar-refractivity contribution in [3.8, 4) is 0 Å². The molecular weight excluding hydrogens is 308 g/mol. The first kappa shape index (κ1) is 12.9. The van der Waals surface area contributed by atoms with Crippen LogP contribution in [-0.2, 0) is 19.1 Å². The minimum Gasteiger partial charge on any atom is -0.468 e. The number of alkyl halides is 2. The van der Waals surface area contributed by atoms with Gasteiger partial charge in [-0.3, -0.25) is 9.59 Å². The summed E-state index contributed by atoms with van der Waals surface area (Å²) >= 11 is 6.05. The van der Waals surface area contributed by atoms with Gasteiger partial charge in [0.2, 0.25) is 0 Å². The Kier molecular flexibility index (Phi) is 6.32. The number of hydrogen-bond acceptors (Lipinski definition) is 4. The van der Waals surface area contributed by atoms with Crippen molar-refractivity contribution in [2.45, 2.75) is 16.6 Å². The van der Waals surface area contributed by atoms with E-state index in [2.05, 4.69) is 36.6 Å². The fraction of sp³-hybridized carbons (Fsp3) is 0.714. The van der Waals surface area contributed by atoms with Gasteiger partial charge in [0.25, 0.3) is 0 Å². The number of hydrogen-bond donors (Lipinski definition) is 0. The van der Waals surface area contributed by atoms with Gasteiger partial charge in [-0.1, -0.05) is 31.9 Å². The molecule has 6 heteroatoms. The summed E-state index contributed by atoms with van der Waals surface area (Å²) in [6.45, 7) is 1.97. The average Bonchev–Trinajstić information content (AvgIpc) is 2.14. The van der Waals surface area contributed by atoms with Crippen LogP contribution >= 0.6 is 31.9 Å². The Morgan fingerprint density at radius 3 is 2.08 bits per heavy atom. The first-order valence-corrected chi connectivity index (χ1v) is 5.40. The van der Waals surface area contributed by atoms with Gasteiger partial charge < -0.3 is 9.47 Å². The van der Waals surface area contributed by atoms with Crippen molar-refractivity contribution >= 4 is 43.8 Å². The summed E-state index contributed by atoms with van der Waals surface area (Å²) in [7, 11) is 1.25. The molecule has 0 radical (unpaired) electrons. The van der Waals surface area contributed by atoms with Crippen molar-refractivity contribution < 1.29 is 19.1 Å². The van der Waals surface area contributed by atoms with E-state index in [1.807, 2.05) is 0 Å². The Morgan fingerprint density at radius 2 is 1.69 bits per heavy atom. The van der Waals surface area contributed by atoms with Crippen molar-refractivity contribution in [1.82, 2.24) is 0 Å². The van der Waals surface area contributed by atoms with Crippen LogP contribution in [0.3, 0.4) is 0 Å². The molecule has 0 saturated heterocycles. The van der Waals surface area contributed by atoms with Crippen molar-refractivity contribution in [3.63, 3.8) is 0 Å². The molecule has 76 valence electrons. The van der Waals surface area contributed by atoms with E-state index in [9.17, 15) is 9.59 Å². The number of carbonyl (C=O) groups is 2. The molecule has 0 aromatic carbocycles. The molecule has 0 aromatic rings. The number of esters is 2. The minimum absolute atomic E-state index is 0.280. The second-order valence-corrected chi connectivity index (χ2v) is 4.05. The lowest BCUT2D eigenvalue weighted by molar-refractivity contribution is -0.147. The molecule has 2 atom stereocenters. The largest absolute Gasteiger partial charge is 0.468 e. The Labute approximate surface area is 93.2 Å². The summed E-state index contributed by atoms with van der Waals surface area (Å²) in [5.74, 6) is -1.01. The topological polar surface area (TPSA) is 52.6 Å². The number of halogens is 2. The lowest BCUT2D eigenvalue weighted by Crippen LogP contribution is -2.33. The van der Waals surface area contributed by atoms with Gasteiger partial charge in [-0.05, 0) is 6.92 Å². The number of rotatable bonds is 4. The molecule has 0 aliphatic rings. The maximum atomic E-state index is 11.1. The van der Waals surface area contributed by atoms with Crippen LogP contribution in [0.15, 0.2) is 0 Å². The smallest absolute Gasteiger partial charge is 0.321 e. The summed E-state index contributed by atoms with van der Waals surface area (Å²) in [5, 5.41) is 0. The second-order valence-electron chi connectivity index (χ2n) is 2.08. The van der Waals surface area contributed by atoms with Crippen molar-refractivity contribution in [1.29, 1.82) is 0 Å². The van der Waals surface area contributed by atoms with Crippen molar-refractivity contribution in [2.75, 3.05) is 13.7 Å². The molecule has 0 saturated carbocycles. The van der Waals surface area contributed by atoms with Gasteiger partial charge in [-0.25, -0.2) is 0 Å². The minimum atomic E-state index is -0.725. The number of methoxy groups -OCH3 is 1. The van der Waals surface area contributed by atoms with E-state index in [1.165, 1.54) is 7.11 Å². The number of ether oxygens (including phenoxy) is 2. The van der Waals surface area contributed by atoms with Crippen LogP contribution in [0.2, 0.25) is 0 Å². The van der Waals surface area contributed by atoms with Gasteiger partial charge >= 0.3 is 11.9 Å². The average molecular weight is 318 g/mol. The maximum Gasteiger partial charge on any atom is 0.321 e. The lowest BCUT2D eigenvalue weighted by atomic mass is 10.3. The normalized spacial score (nSPS) is 14.5. The SMILES string of the molecule is CCOC(=O)[C@H](Br)[C@@H](Br)C(=O)OC. The highest BCUT2D eigenvalue weighted by Gasteiger charge is 2.31. The molecule has 13 heavy (non-hydrogen) atoms. The van der Waals surface area contributed by atoms with Crippen LogP contribution in [0.25, 0.3) is 0 Å². The fourth-order valence-corrected chi connectivity index (χ4v) is 1.32. The summed E-state index contributed by atoms with van der Waals surface area (Å²) in [6.07, 6.45) is 0. The molecule has 0 aliphatic carbocycles. The zero-order valence-electron chi connectivity index (χ0n) is 7.25. The summed E-state index contributed by atoms with van der Waals surface area (Å²) in [6, 6.07) is 0. The first-order valence-electron chi connectivity index (χ1n) is 3.57. The zero-order valence-corrected chi connectivity index (χ0v) is 10.4. The molecule has 4 nitrogen and oxygen atoms in total. The van der Waals surface area contributed by atoms with Gasteiger partial charge in [0.05, 0.1) is 13.7 Å². The molecule has 0 aliphatic heterocycles. The third-order valence-electron chi connectivity index (χ3n) is 1.20. The van der Waals surface area contributed by atoms with Crippen LogP contribution < -0.4 is 0 Å². The number of carbonyl (C=O) groups excluding carboxylic acids is 2. The van der Waals surface area contributed by atoms with Crippen LogP contribution in [0, 0.1) is 0 Å². The van der Waals surface area contributed by atoms with Gasteiger partial charge in [-0.2, -0.15) is 0 Å². The maximum absolute atomic E-state index is 11.1. The summed E-state index contributed by atoms with van der Waals surface area (Å²) < 4.78 is 9.13. The van der Waals surface area contributed by atoms with Gasteiger partial charge in [-0.15, -0.1) is 0 Å². The Balaban J connectivity index is 4.16. The van der Waals surface area contributed by atoms with E-state index in [0.29, 0.717) is 0 Å². The molecule has 0 rings (SSSR count). The summed E-state index contributed by atoms with van der Waals surface area (Å²) in [4.78, 5) is 20.6. The highest BCUT2D eigenvalue weighted by atomic mass is 79.9. The van der Waals surface area contributed by atoms with Crippen LogP contribution in [0.1, 0.15) is 6.92 Å². The fourth-order valence-electron chi connectivity index (χ4n) is 0.573. The van der Waals surface area contributed by atoms with E-state index in [0.717, 1.165) is 0 Å². The molecule has 0 bridgehead atoms. The molecule has 0 amide bonds. The van der Waals surface area contributed by atoms with Gasteiger partial charge in [0.15, 0.2) is 0 Å². The van der Waals surface area contributed by atoms with E-state index < -0.39 is 21.6 Å². The predicted molar refractivity (Wildman–Crippen MR) is 54.1 cm³/mol. The molecule has 0 heterocycles. The molecule has 0 aromatic heterocycles. The third kappa shape index (κ3) is 4.08. The van der Waals surface area contributed by atoms with E-state index >= 15 is 0 Å². The standard InChI is InChI=1S/C7H10Br2O4/c1-3-13-7(11)5(9)4(8)6(10)12-2/h4-5H,3H2,1-2H3/t4-,5-/m1/s1. The van der Waals surface area contributed by atoms with E-state index in [1.54, 1.807) is 6.92 Å². The third-order valence-corrected chi connectivity index (χ3v) is 3.71. The van der Waals surface area contributed by atoms with Gasteiger partial charge in [0.1, 0.15) is 9.65 Å². The van der Waals surface area contributed by atoms with Gasteiger partial charge in [0, 0.05) is 0 Å².